The molecule has 2 unspecified atom stereocenters. The summed E-state index contributed by atoms with van der Waals surface area (Å²) in [6.07, 6.45) is -2.67. The number of ketones is 1. The Hall–Kier alpha value is -1.32. The van der Waals surface area contributed by atoms with Crippen molar-refractivity contribution >= 4 is 29.3 Å². The van der Waals surface area contributed by atoms with Crippen LogP contribution in [-0.4, -0.2) is 58.8 Å². The molecule has 182 valence electrons. The fraction of sp³-hybridized carbons (Fsp3) is 0.583. The molecular formula is C12H19N2O15P3. The molecule has 0 aromatic carbocycles. The Labute approximate surface area is 178 Å². The van der Waals surface area contributed by atoms with E-state index in [1.54, 1.807) is 0 Å². The summed E-state index contributed by atoms with van der Waals surface area (Å²) in [5.41, 5.74) is -3.88. The molecule has 1 aromatic heterocycles. The Bertz CT molecular complexity index is 1150. The maximum Gasteiger partial charge on any atom is 0.490 e. The molecule has 1 aromatic rings. The molecule has 1 saturated heterocycles. The number of rotatable bonds is 9. The Kier molecular flexibility index (Phi) is 7.69. The summed E-state index contributed by atoms with van der Waals surface area (Å²) >= 11 is 0. The number of H-pyrrole nitrogens is 1. The molecule has 0 amide bonds. The van der Waals surface area contributed by atoms with Crippen LogP contribution in [0.5, 0.6) is 0 Å². The van der Waals surface area contributed by atoms with Gasteiger partial charge in [-0.2, -0.15) is 8.62 Å². The molecule has 6 N–H and O–H groups in total. The third kappa shape index (κ3) is 6.38. The molecular weight excluding hydrogens is 505 g/mol. The lowest BCUT2D eigenvalue weighted by atomic mass is 10.0. The van der Waals surface area contributed by atoms with Crippen molar-refractivity contribution in [1.82, 2.24) is 9.55 Å². The second-order valence-corrected chi connectivity index (χ2v) is 11.0. The number of phosphoric ester groups is 1. The van der Waals surface area contributed by atoms with Gasteiger partial charge in [0.05, 0.1) is 12.7 Å². The van der Waals surface area contributed by atoms with E-state index in [2.05, 4.69) is 13.1 Å². The van der Waals surface area contributed by atoms with Crippen LogP contribution in [0.4, 0.5) is 0 Å². The van der Waals surface area contributed by atoms with E-state index in [9.17, 15) is 38.1 Å². The zero-order valence-electron chi connectivity index (χ0n) is 16.3. The van der Waals surface area contributed by atoms with Crippen LogP contribution in [0.3, 0.4) is 0 Å². The van der Waals surface area contributed by atoms with Gasteiger partial charge in [0.25, 0.3) is 5.56 Å². The molecule has 17 nitrogen and oxygen atoms in total. The van der Waals surface area contributed by atoms with Crippen LogP contribution in [0.15, 0.2) is 15.8 Å². The van der Waals surface area contributed by atoms with Crippen LogP contribution in [0.25, 0.3) is 0 Å². The van der Waals surface area contributed by atoms with E-state index in [0.29, 0.717) is 0 Å². The SMILES string of the molecule is CC(=O)[C@]1(n2cc(C)c(=O)[nH]c2=O)C[C@H](O)[C@@H](COP(=O)(O)OP(=O)(O)OP(=O)(O)O)O1. The molecule has 2 rings (SSSR count). The number of ether oxygens (including phenoxy) is 1. The number of hydrogen-bond donors (Lipinski definition) is 6. The first kappa shape index (κ1) is 26.9. The third-order valence-corrected chi connectivity index (χ3v) is 7.94. The Morgan fingerprint density at radius 2 is 1.81 bits per heavy atom. The fourth-order valence-corrected chi connectivity index (χ4v) is 5.82. The largest absolute Gasteiger partial charge is 0.490 e. The molecule has 0 aliphatic carbocycles. The highest BCUT2D eigenvalue weighted by atomic mass is 31.3. The van der Waals surface area contributed by atoms with Gasteiger partial charge >= 0.3 is 29.2 Å². The topological polar surface area (TPSA) is 261 Å². The highest BCUT2D eigenvalue weighted by Crippen LogP contribution is 2.66. The lowest BCUT2D eigenvalue weighted by molar-refractivity contribution is -0.159. The van der Waals surface area contributed by atoms with Crippen LogP contribution in [0, 0.1) is 6.92 Å². The predicted molar refractivity (Wildman–Crippen MR) is 100 cm³/mol. The summed E-state index contributed by atoms with van der Waals surface area (Å²) in [4.78, 5) is 73.7. The minimum atomic E-state index is -5.76. The number of aliphatic hydroxyl groups excluding tert-OH is 1. The van der Waals surface area contributed by atoms with Gasteiger partial charge in [-0.3, -0.25) is 23.7 Å². The summed E-state index contributed by atoms with van der Waals surface area (Å²) in [6.45, 7) is 1.31. The molecule has 0 radical (unpaired) electrons. The van der Waals surface area contributed by atoms with E-state index in [1.165, 1.54) is 6.92 Å². The third-order valence-electron chi connectivity index (χ3n) is 4.14. The zero-order chi connectivity index (χ0) is 24.7. The molecule has 1 aliphatic heterocycles. The second kappa shape index (κ2) is 9.14. The van der Waals surface area contributed by atoms with Gasteiger partial charge in [-0.15, -0.1) is 0 Å². The first-order chi connectivity index (χ1) is 14.4. The molecule has 1 fully saturated rings. The minimum absolute atomic E-state index is 0.0278. The van der Waals surface area contributed by atoms with Gasteiger partial charge in [-0.05, 0) is 13.8 Å². The van der Waals surface area contributed by atoms with Gasteiger partial charge in [0.15, 0.2) is 5.78 Å². The van der Waals surface area contributed by atoms with E-state index < -0.39 is 71.5 Å². The number of carbonyl (C=O) groups excluding carboxylic acids is 1. The number of carbonyl (C=O) groups is 1. The van der Waals surface area contributed by atoms with Crippen molar-refractivity contribution in [2.75, 3.05) is 6.61 Å². The number of Topliss-reactive ketones (excluding diaryl/α,β-unsaturated/α-hetero) is 1. The molecule has 32 heavy (non-hydrogen) atoms. The van der Waals surface area contributed by atoms with E-state index in [0.717, 1.165) is 17.7 Å². The van der Waals surface area contributed by atoms with Crippen LogP contribution < -0.4 is 11.2 Å². The summed E-state index contributed by atoms with van der Waals surface area (Å²) in [6, 6.07) is 0. The Balaban J connectivity index is 2.22. The summed E-state index contributed by atoms with van der Waals surface area (Å²) in [5, 5.41) is 10.2. The van der Waals surface area contributed by atoms with Crippen LogP contribution in [0.2, 0.25) is 0 Å². The van der Waals surface area contributed by atoms with E-state index >= 15 is 0 Å². The summed E-state index contributed by atoms with van der Waals surface area (Å²) in [7, 11) is -16.9. The number of nitrogens with zero attached hydrogens (tertiary/aromatic N) is 1. The van der Waals surface area contributed by atoms with Gasteiger partial charge < -0.3 is 29.4 Å². The maximum absolute atomic E-state index is 12.3. The highest BCUT2D eigenvalue weighted by Gasteiger charge is 2.52. The number of nitrogens with one attached hydrogen (secondary N) is 1. The van der Waals surface area contributed by atoms with Crippen LogP contribution in [0.1, 0.15) is 18.9 Å². The van der Waals surface area contributed by atoms with Gasteiger partial charge in [0.1, 0.15) is 6.10 Å². The van der Waals surface area contributed by atoms with Crippen molar-refractivity contribution in [3.63, 3.8) is 0 Å². The van der Waals surface area contributed by atoms with Crippen LogP contribution >= 0.6 is 23.5 Å². The number of aromatic amines is 1. The van der Waals surface area contributed by atoms with E-state index in [-0.39, 0.29) is 5.56 Å². The molecule has 5 atom stereocenters. The highest BCUT2D eigenvalue weighted by molar-refractivity contribution is 7.66. The Morgan fingerprint density at radius 1 is 1.22 bits per heavy atom. The van der Waals surface area contributed by atoms with Crippen molar-refractivity contribution in [1.29, 1.82) is 0 Å². The van der Waals surface area contributed by atoms with Crippen molar-refractivity contribution in [2.45, 2.75) is 38.2 Å². The number of aryl methyl sites for hydroxylation is 1. The second-order valence-electron chi connectivity index (χ2n) is 6.60. The number of aliphatic hydroxyl groups is 1. The average Bonchev–Trinajstić information content (AvgIpc) is 2.91. The Morgan fingerprint density at radius 3 is 2.34 bits per heavy atom. The molecule has 0 bridgehead atoms. The van der Waals surface area contributed by atoms with E-state index in [1.807, 2.05) is 4.98 Å². The lowest BCUT2D eigenvalue weighted by Gasteiger charge is -2.28. The number of phosphoric acid groups is 3. The number of aromatic nitrogens is 2. The van der Waals surface area contributed by atoms with Crippen LogP contribution in [-0.2, 0) is 42.1 Å². The van der Waals surface area contributed by atoms with Crippen molar-refractivity contribution in [3.05, 3.63) is 32.6 Å². The zero-order valence-corrected chi connectivity index (χ0v) is 18.9. The van der Waals surface area contributed by atoms with Gasteiger partial charge in [0.2, 0.25) is 5.72 Å². The average molecular weight is 524 g/mol. The first-order valence-electron chi connectivity index (χ1n) is 8.36. The maximum atomic E-state index is 12.3. The van der Waals surface area contributed by atoms with Crippen molar-refractivity contribution in [2.24, 2.45) is 0 Å². The van der Waals surface area contributed by atoms with Gasteiger partial charge in [-0.25, -0.2) is 18.5 Å². The van der Waals surface area contributed by atoms with Crippen molar-refractivity contribution < 1.29 is 61.1 Å². The predicted octanol–water partition coefficient (Wildman–Crippen LogP) is -1.42. The molecule has 1 aliphatic rings. The summed E-state index contributed by atoms with van der Waals surface area (Å²) < 4.78 is 51.4. The van der Waals surface area contributed by atoms with Gasteiger partial charge in [0, 0.05) is 18.2 Å². The molecule has 2 heterocycles. The number of hydrogen-bond acceptors (Lipinski definition) is 11. The van der Waals surface area contributed by atoms with Gasteiger partial charge in [-0.1, -0.05) is 0 Å². The lowest BCUT2D eigenvalue weighted by Crippen LogP contribution is -2.49. The van der Waals surface area contributed by atoms with E-state index in [4.69, 9.17) is 19.4 Å². The molecule has 0 saturated carbocycles. The quantitative estimate of drug-likeness (QED) is 0.203. The van der Waals surface area contributed by atoms with Crippen molar-refractivity contribution in [3.8, 4) is 0 Å². The fourth-order valence-electron chi connectivity index (χ4n) is 2.79. The smallest absolute Gasteiger partial charge is 0.390 e. The molecule has 20 heteroatoms. The standard InChI is InChI=1S/C12H19N2O15P3/c1-6-4-14(11(18)13-10(6)17)12(7(2)15)3-8(16)9(27-12)5-26-31(22,23)29-32(24,25)28-30(19,20)21/h4,8-9,16H,3,5H2,1-2H3,(H,22,23)(H,24,25)(H,13,17,18)(H2,19,20,21)/t8-,9+,12-/m0/s1. The first-order valence-corrected chi connectivity index (χ1v) is 12.9. The summed E-state index contributed by atoms with van der Waals surface area (Å²) in [5.74, 6) is -0.786. The minimum Gasteiger partial charge on any atom is -0.390 e. The monoisotopic (exact) mass is 524 g/mol. The normalized spacial score (nSPS) is 27.6. The molecule has 0 spiro atoms.